The first kappa shape index (κ1) is 15.1. The Kier molecular flexibility index (Phi) is 4.67. The van der Waals surface area contributed by atoms with E-state index in [4.69, 9.17) is 10.2 Å². The Labute approximate surface area is 128 Å². The summed E-state index contributed by atoms with van der Waals surface area (Å²) in [6.45, 7) is 8.92. The van der Waals surface area contributed by atoms with Crippen LogP contribution in [-0.2, 0) is 0 Å². The Bertz CT molecular complexity index is 451. The molecule has 0 spiro atoms. The van der Waals surface area contributed by atoms with Crippen molar-refractivity contribution in [2.24, 2.45) is 5.73 Å². The zero-order valence-corrected chi connectivity index (χ0v) is 13.4. The van der Waals surface area contributed by atoms with E-state index in [9.17, 15) is 0 Å². The van der Waals surface area contributed by atoms with E-state index in [1.807, 2.05) is 13.0 Å². The first-order chi connectivity index (χ1) is 10.1. The van der Waals surface area contributed by atoms with E-state index in [1.54, 1.807) is 0 Å². The van der Waals surface area contributed by atoms with Gasteiger partial charge >= 0.3 is 0 Å². The van der Waals surface area contributed by atoms with Crippen LogP contribution in [0.4, 0.5) is 0 Å². The number of rotatable bonds is 4. The predicted molar refractivity (Wildman–Crippen MR) is 85.2 cm³/mol. The van der Waals surface area contributed by atoms with Crippen LogP contribution in [0.5, 0.6) is 0 Å². The highest BCUT2D eigenvalue weighted by molar-refractivity contribution is 5.12. The summed E-state index contributed by atoms with van der Waals surface area (Å²) in [6, 6.07) is 5.16. The fraction of sp³-hybridized carbons (Fsp3) is 0.765. The molecule has 4 nitrogen and oxygen atoms in total. The monoisotopic (exact) mass is 291 g/mol. The molecule has 3 unspecified atom stereocenters. The van der Waals surface area contributed by atoms with Gasteiger partial charge in [0.1, 0.15) is 11.5 Å². The minimum Gasteiger partial charge on any atom is -0.465 e. The van der Waals surface area contributed by atoms with E-state index in [0.717, 1.165) is 24.6 Å². The normalized spacial score (nSPS) is 27.9. The summed E-state index contributed by atoms with van der Waals surface area (Å²) in [6.07, 6.45) is 5.40. The molecule has 118 valence electrons. The third kappa shape index (κ3) is 3.33. The maximum atomic E-state index is 6.27. The molecular weight excluding hydrogens is 262 g/mol. The Morgan fingerprint density at radius 2 is 1.95 bits per heavy atom. The van der Waals surface area contributed by atoms with Gasteiger partial charge in [-0.1, -0.05) is 6.42 Å². The van der Waals surface area contributed by atoms with Crippen LogP contribution in [0, 0.1) is 6.92 Å². The van der Waals surface area contributed by atoms with E-state index < -0.39 is 0 Å². The second kappa shape index (κ2) is 6.51. The zero-order chi connectivity index (χ0) is 14.8. The SMILES string of the molecule is Cc1ccc(C(C(C)N)N2CCC(N3CCCCC3)C2)o1. The van der Waals surface area contributed by atoms with E-state index >= 15 is 0 Å². The molecule has 2 fully saturated rings. The zero-order valence-electron chi connectivity index (χ0n) is 13.4. The molecule has 0 amide bonds. The number of aryl methyl sites for hydroxylation is 1. The number of hydrogen-bond donors (Lipinski definition) is 1. The minimum atomic E-state index is 0.0932. The molecule has 3 atom stereocenters. The smallest absolute Gasteiger partial charge is 0.122 e. The number of furan rings is 1. The molecule has 0 saturated carbocycles. The average Bonchev–Trinajstić information content (AvgIpc) is 3.10. The highest BCUT2D eigenvalue weighted by Crippen LogP contribution is 2.31. The Morgan fingerprint density at radius 3 is 2.57 bits per heavy atom. The molecule has 3 rings (SSSR count). The summed E-state index contributed by atoms with van der Waals surface area (Å²) in [4.78, 5) is 5.22. The van der Waals surface area contributed by atoms with Crippen LogP contribution in [0.25, 0.3) is 0 Å². The van der Waals surface area contributed by atoms with Gasteiger partial charge in [0.15, 0.2) is 0 Å². The summed E-state index contributed by atoms with van der Waals surface area (Å²) in [7, 11) is 0. The topological polar surface area (TPSA) is 45.6 Å². The molecule has 3 heterocycles. The average molecular weight is 291 g/mol. The van der Waals surface area contributed by atoms with Crippen molar-refractivity contribution in [3.8, 4) is 0 Å². The highest BCUT2D eigenvalue weighted by Gasteiger charge is 2.35. The van der Waals surface area contributed by atoms with Crippen LogP contribution in [0.2, 0.25) is 0 Å². The van der Waals surface area contributed by atoms with Crippen LogP contribution in [-0.4, -0.2) is 48.1 Å². The van der Waals surface area contributed by atoms with Gasteiger partial charge in [-0.25, -0.2) is 0 Å². The molecule has 0 radical (unpaired) electrons. The molecule has 1 aromatic rings. The summed E-state index contributed by atoms with van der Waals surface area (Å²) in [5.41, 5.74) is 6.27. The molecule has 4 heteroatoms. The largest absolute Gasteiger partial charge is 0.465 e. The first-order valence-corrected chi connectivity index (χ1v) is 8.45. The van der Waals surface area contributed by atoms with Crippen molar-refractivity contribution in [3.63, 3.8) is 0 Å². The second-order valence-electron chi connectivity index (χ2n) is 6.79. The molecule has 2 saturated heterocycles. The van der Waals surface area contributed by atoms with Crippen molar-refractivity contribution in [2.75, 3.05) is 26.2 Å². The molecule has 0 aromatic carbocycles. The summed E-state index contributed by atoms with van der Waals surface area (Å²) in [5, 5.41) is 0. The van der Waals surface area contributed by atoms with Gasteiger partial charge in [-0.15, -0.1) is 0 Å². The van der Waals surface area contributed by atoms with Gasteiger partial charge in [-0.2, -0.15) is 0 Å². The number of nitrogens with zero attached hydrogens (tertiary/aromatic N) is 2. The van der Waals surface area contributed by atoms with E-state index in [2.05, 4.69) is 22.8 Å². The first-order valence-electron chi connectivity index (χ1n) is 8.45. The van der Waals surface area contributed by atoms with E-state index in [-0.39, 0.29) is 12.1 Å². The fourth-order valence-corrected chi connectivity index (χ4v) is 3.99. The quantitative estimate of drug-likeness (QED) is 0.926. The Hall–Kier alpha value is -0.840. The number of nitrogens with two attached hydrogens (primary N) is 1. The lowest BCUT2D eigenvalue weighted by molar-refractivity contribution is 0.139. The Balaban J connectivity index is 1.67. The number of likely N-dealkylation sites (tertiary alicyclic amines) is 2. The van der Waals surface area contributed by atoms with Crippen molar-refractivity contribution >= 4 is 0 Å². The second-order valence-corrected chi connectivity index (χ2v) is 6.79. The van der Waals surface area contributed by atoms with E-state index in [1.165, 1.54) is 38.8 Å². The summed E-state index contributed by atoms with van der Waals surface area (Å²) in [5.74, 6) is 2.00. The molecular formula is C17H29N3O. The predicted octanol–water partition coefficient (Wildman–Crippen LogP) is 2.54. The van der Waals surface area contributed by atoms with Gasteiger partial charge in [0.2, 0.25) is 0 Å². The molecule has 1 aromatic heterocycles. The van der Waals surface area contributed by atoms with Crippen molar-refractivity contribution in [1.82, 2.24) is 9.80 Å². The standard InChI is InChI=1S/C17H29N3O/c1-13-6-7-16(21-13)17(14(2)18)20-11-8-15(12-20)19-9-4-3-5-10-19/h6-7,14-15,17H,3-5,8-12,18H2,1-2H3. The third-order valence-corrected chi connectivity index (χ3v) is 5.05. The van der Waals surface area contributed by atoms with Crippen molar-refractivity contribution in [2.45, 2.75) is 57.7 Å². The maximum absolute atomic E-state index is 6.27. The van der Waals surface area contributed by atoms with Crippen LogP contribution >= 0.6 is 0 Å². The maximum Gasteiger partial charge on any atom is 0.122 e. The lowest BCUT2D eigenvalue weighted by atomic mass is 10.1. The van der Waals surface area contributed by atoms with Gasteiger partial charge in [0.05, 0.1) is 6.04 Å². The van der Waals surface area contributed by atoms with Crippen molar-refractivity contribution < 1.29 is 4.42 Å². The van der Waals surface area contributed by atoms with Crippen LogP contribution in [0.1, 0.15) is 50.2 Å². The van der Waals surface area contributed by atoms with Crippen LogP contribution in [0.3, 0.4) is 0 Å². The summed E-state index contributed by atoms with van der Waals surface area (Å²) < 4.78 is 5.86. The van der Waals surface area contributed by atoms with Crippen molar-refractivity contribution in [3.05, 3.63) is 23.7 Å². The molecule has 0 aliphatic carbocycles. The van der Waals surface area contributed by atoms with Gasteiger partial charge in [-0.3, -0.25) is 9.80 Å². The molecule has 2 aliphatic heterocycles. The molecule has 2 N–H and O–H groups in total. The lowest BCUT2D eigenvalue weighted by Crippen LogP contribution is -2.43. The van der Waals surface area contributed by atoms with Crippen molar-refractivity contribution in [1.29, 1.82) is 0 Å². The van der Waals surface area contributed by atoms with Gasteiger partial charge in [-0.05, 0) is 58.3 Å². The third-order valence-electron chi connectivity index (χ3n) is 5.05. The van der Waals surface area contributed by atoms with Crippen LogP contribution < -0.4 is 5.73 Å². The number of piperidine rings is 1. The molecule has 0 bridgehead atoms. The van der Waals surface area contributed by atoms with E-state index in [0.29, 0.717) is 6.04 Å². The lowest BCUT2D eigenvalue weighted by Gasteiger charge is -2.34. The number of hydrogen-bond acceptors (Lipinski definition) is 4. The molecule has 2 aliphatic rings. The van der Waals surface area contributed by atoms with Gasteiger partial charge in [0.25, 0.3) is 0 Å². The minimum absolute atomic E-state index is 0.0932. The summed E-state index contributed by atoms with van der Waals surface area (Å²) >= 11 is 0. The van der Waals surface area contributed by atoms with Crippen LogP contribution in [0.15, 0.2) is 16.5 Å². The van der Waals surface area contributed by atoms with Gasteiger partial charge in [0, 0.05) is 25.2 Å². The molecule has 21 heavy (non-hydrogen) atoms. The fourth-order valence-electron chi connectivity index (χ4n) is 3.99. The Morgan fingerprint density at radius 1 is 1.19 bits per heavy atom. The van der Waals surface area contributed by atoms with Gasteiger partial charge < -0.3 is 10.2 Å². The highest BCUT2D eigenvalue weighted by atomic mass is 16.3.